The van der Waals surface area contributed by atoms with Crippen molar-refractivity contribution in [3.05, 3.63) is 89.9 Å². The molecule has 0 saturated carbocycles. The number of benzene rings is 2. The van der Waals surface area contributed by atoms with Crippen LogP contribution in [0, 0.1) is 0 Å². The number of anilines is 1. The van der Waals surface area contributed by atoms with Crippen molar-refractivity contribution in [3.8, 4) is 0 Å². The highest BCUT2D eigenvalue weighted by Crippen LogP contribution is 2.17. The summed E-state index contributed by atoms with van der Waals surface area (Å²) in [6.45, 7) is 0. The molecule has 2 aromatic carbocycles. The normalized spacial score (nSPS) is 11.4. The van der Waals surface area contributed by atoms with Crippen LogP contribution in [0.4, 0.5) is 5.69 Å². The summed E-state index contributed by atoms with van der Waals surface area (Å²) in [6, 6.07) is 17.0. The van der Waals surface area contributed by atoms with Gasteiger partial charge in [-0.2, -0.15) is 0 Å². The molecule has 3 rings (SSSR count). The second-order valence-electron chi connectivity index (χ2n) is 6.01. The number of rotatable bonds is 7. The van der Waals surface area contributed by atoms with Crippen LogP contribution in [0.2, 0.25) is 0 Å². The number of carboxylic acids is 1. The monoisotopic (exact) mass is 377 g/mol. The lowest BCUT2D eigenvalue weighted by Crippen LogP contribution is -2.49. The Morgan fingerprint density at radius 1 is 0.893 bits per heavy atom. The van der Waals surface area contributed by atoms with Gasteiger partial charge in [-0.25, -0.2) is 0 Å². The third kappa shape index (κ3) is 4.64. The minimum absolute atomic E-state index is 0.0792. The van der Waals surface area contributed by atoms with E-state index in [0.29, 0.717) is 0 Å². The zero-order valence-corrected chi connectivity index (χ0v) is 14.8. The van der Waals surface area contributed by atoms with Crippen LogP contribution in [0.25, 0.3) is 0 Å². The van der Waals surface area contributed by atoms with Gasteiger partial charge in [0.2, 0.25) is 0 Å². The molecule has 0 radical (unpaired) electrons. The Balaban J connectivity index is 1.76. The van der Waals surface area contributed by atoms with Crippen molar-refractivity contribution in [1.29, 1.82) is 0 Å². The molecule has 1 heterocycles. The number of hydrogen-bond donors (Lipinski definition) is 2. The van der Waals surface area contributed by atoms with E-state index in [0.717, 1.165) is 5.56 Å². The minimum atomic E-state index is -1.39. The maximum absolute atomic E-state index is 12.7. The maximum atomic E-state index is 12.7. The van der Waals surface area contributed by atoms with E-state index >= 15 is 0 Å². The summed E-state index contributed by atoms with van der Waals surface area (Å²) in [5.41, 5.74) is 1.11. The van der Waals surface area contributed by atoms with Crippen LogP contribution in [0.1, 0.15) is 26.5 Å². The zero-order valence-electron chi connectivity index (χ0n) is 14.8. The topological polar surface area (TPSA) is 111 Å². The molecule has 0 fully saturated rings. The number of hydrogen-bond acceptors (Lipinski definition) is 5. The minimum Gasteiger partial charge on any atom is -0.548 e. The molecule has 0 spiro atoms. The Hall–Kier alpha value is -3.87. The highest BCUT2D eigenvalue weighted by atomic mass is 16.4. The van der Waals surface area contributed by atoms with Gasteiger partial charge in [-0.3, -0.25) is 9.59 Å². The van der Waals surface area contributed by atoms with Crippen LogP contribution in [0.5, 0.6) is 0 Å². The summed E-state index contributed by atoms with van der Waals surface area (Å²) in [4.78, 5) is 36.3. The van der Waals surface area contributed by atoms with Gasteiger partial charge in [-0.05, 0) is 36.2 Å². The van der Waals surface area contributed by atoms with E-state index in [1.54, 1.807) is 48.5 Å². The smallest absolute Gasteiger partial charge is 0.291 e. The molecule has 2 N–H and O–H groups in total. The van der Waals surface area contributed by atoms with E-state index in [1.807, 2.05) is 6.07 Å². The molecule has 1 atom stereocenters. The van der Waals surface area contributed by atoms with Crippen LogP contribution in [-0.2, 0) is 11.2 Å². The number of nitrogens with one attached hydrogen (secondary N) is 2. The maximum Gasteiger partial charge on any atom is 0.291 e. The van der Waals surface area contributed by atoms with E-state index < -0.39 is 23.8 Å². The Bertz CT molecular complexity index is 967. The zero-order chi connectivity index (χ0) is 19.9. The van der Waals surface area contributed by atoms with Gasteiger partial charge >= 0.3 is 0 Å². The van der Waals surface area contributed by atoms with Crippen LogP contribution < -0.4 is 15.7 Å². The molecule has 0 aliphatic rings. The van der Waals surface area contributed by atoms with Crippen molar-refractivity contribution in [2.24, 2.45) is 0 Å². The lowest BCUT2D eigenvalue weighted by Gasteiger charge is -2.20. The first kappa shape index (κ1) is 18.9. The van der Waals surface area contributed by atoms with Crippen molar-refractivity contribution in [1.82, 2.24) is 5.32 Å². The summed E-state index contributed by atoms with van der Waals surface area (Å²) in [5.74, 6) is -2.47. The lowest BCUT2D eigenvalue weighted by atomic mass is 10.1. The molecule has 7 nitrogen and oxygen atoms in total. The first-order chi connectivity index (χ1) is 13.5. The Kier molecular flexibility index (Phi) is 5.86. The number of amides is 2. The Labute approximate surface area is 161 Å². The van der Waals surface area contributed by atoms with E-state index in [-0.39, 0.29) is 23.4 Å². The van der Waals surface area contributed by atoms with E-state index in [9.17, 15) is 19.5 Å². The lowest BCUT2D eigenvalue weighted by molar-refractivity contribution is -0.308. The van der Waals surface area contributed by atoms with Crippen LogP contribution in [0.15, 0.2) is 77.4 Å². The molecule has 0 bridgehead atoms. The van der Waals surface area contributed by atoms with Gasteiger partial charge in [0.15, 0.2) is 5.76 Å². The second-order valence-corrected chi connectivity index (χ2v) is 6.01. The summed E-state index contributed by atoms with van der Waals surface area (Å²) in [6.07, 6.45) is 1.44. The molecule has 28 heavy (non-hydrogen) atoms. The number of carbonyl (C=O) groups is 3. The van der Waals surface area contributed by atoms with Crippen LogP contribution >= 0.6 is 0 Å². The predicted molar refractivity (Wildman–Crippen MR) is 99.5 cm³/mol. The number of furan rings is 1. The first-order valence-electron chi connectivity index (χ1n) is 8.54. The number of para-hydroxylation sites is 1. The van der Waals surface area contributed by atoms with Gasteiger partial charge in [-0.1, -0.05) is 42.5 Å². The molecule has 1 aromatic heterocycles. The van der Waals surface area contributed by atoms with E-state index in [2.05, 4.69) is 10.6 Å². The molecule has 142 valence electrons. The molecule has 0 unspecified atom stereocenters. The molecule has 2 amide bonds. The number of carbonyl (C=O) groups excluding carboxylic acids is 3. The van der Waals surface area contributed by atoms with Gasteiger partial charge in [-0.15, -0.1) is 0 Å². The van der Waals surface area contributed by atoms with E-state index in [4.69, 9.17) is 4.42 Å². The van der Waals surface area contributed by atoms with Gasteiger partial charge in [0.05, 0.1) is 29.5 Å². The molecular formula is C21H17N2O5-. The predicted octanol–water partition coefficient (Wildman–Crippen LogP) is 1.62. The molecule has 0 aliphatic carbocycles. The number of carboxylic acid groups (broad SMARTS) is 1. The van der Waals surface area contributed by atoms with Crippen LogP contribution in [0.3, 0.4) is 0 Å². The summed E-state index contributed by atoms with van der Waals surface area (Å²) in [7, 11) is 0. The van der Waals surface area contributed by atoms with Gasteiger partial charge in [0, 0.05) is 0 Å². The second kappa shape index (κ2) is 8.68. The SMILES string of the molecule is O=C(Nc1ccccc1C(=O)N[C@@H](Cc1ccccc1)C(=O)[O-])c1ccco1. The highest BCUT2D eigenvalue weighted by Gasteiger charge is 2.19. The highest BCUT2D eigenvalue weighted by molar-refractivity contribution is 6.08. The summed E-state index contributed by atoms with van der Waals surface area (Å²) >= 11 is 0. The molecule has 7 heteroatoms. The fourth-order valence-corrected chi connectivity index (χ4v) is 2.66. The van der Waals surface area contributed by atoms with Gasteiger partial charge in [0.1, 0.15) is 0 Å². The molecular weight excluding hydrogens is 360 g/mol. The molecule has 0 aliphatic heterocycles. The fraction of sp³-hybridized carbons (Fsp3) is 0.0952. The standard InChI is InChI=1S/C21H18N2O5/c24-19(23-17(21(26)27)13-14-7-2-1-3-8-14)15-9-4-5-10-16(15)22-20(25)18-11-6-12-28-18/h1-12,17H,13H2,(H,22,25)(H,23,24)(H,26,27)/p-1/t17-/m0/s1. The van der Waals surface area contributed by atoms with E-state index in [1.165, 1.54) is 18.4 Å². The van der Waals surface area contributed by atoms with Crippen molar-refractivity contribution >= 4 is 23.5 Å². The van der Waals surface area contributed by atoms with Crippen LogP contribution in [-0.4, -0.2) is 23.8 Å². The van der Waals surface area contributed by atoms with Gasteiger partial charge in [0.25, 0.3) is 11.8 Å². The van der Waals surface area contributed by atoms with Crippen molar-refractivity contribution in [2.45, 2.75) is 12.5 Å². The average Bonchev–Trinajstić information content (AvgIpc) is 3.23. The van der Waals surface area contributed by atoms with Crippen molar-refractivity contribution in [2.75, 3.05) is 5.32 Å². The largest absolute Gasteiger partial charge is 0.548 e. The molecule has 0 saturated heterocycles. The number of aliphatic carboxylic acids is 1. The summed E-state index contributed by atoms with van der Waals surface area (Å²) < 4.78 is 5.03. The third-order valence-electron chi connectivity index (χ3n) is 4.04. The Morgan fingerprint density at radius 2 is 1.61 bits per heavy atom. The summed E-state index contributed by atoms with van der Waals surface area (Å²) in [5, 5.41) is 16.5. The Morgan fingerprint density at radius 3 is 2.29 bits per heavy atom. The first-order valence-corrected chi connectivity index (χ1v) is 8.54. The molecule has 3 aromatic rings. The fourth-order valence-electron chi connectivity index (χ4n) is 2.66. The van der Waals surface area contributed by atoms with Crippen molar-refractivity contribution < 1.29 is 23.9 Å². The quantitative estimate of drug-likeness (QED) is 0.650. The average molecular weight is 377 g/mol. The third-order valence-corrected chi connectivity index (χ3v) is 4.04. The van der Waals surface area contributed by atoms with Crippen molar-refractivity contribution in [3.63, 3.8) is 0 Å². The van der Waals surface area contributed by atoms with Gasteiger partial charge < -0.3 is 25.0 Å².